The Balaban J connectivity index is 2.61. The number of carbonyl (C=O) groups is 6. The molecule has 14 heteroatoms. The third-order valence-corrected chi connectivity index (χ3v) is 4.96. The number of rotatable bonds is 8. The summed E-state index contributed by atoms with van der Waals surface area (Å²) in [7, 11) is 0. The van der Waals surface area contributed by atoms with Crippen molar-refractivity contribution in [1.29, 1.82) is 0 Å². The monoisotopic (exact) mass is 503 g/mol. The van der Waals surface area contributed by atoms with E-state index in [4.69, 9.17) is 33.2 Å². The maximum absolute atomic E-state index is 12.7. The van der Waals surface area contributed by atoms with Gasteiger partial charge in [-0.25, -0.2) is 4.79 Å². The van der Waals surface area contributed by atoms with Gasteiger partial charge in [-0.1, -0.05) is 0 Å². The van der Waals surface area contributed by atoms with Gasteiger partial charge in [-0.15, -0.1) is 0 Å². The zero-order valence-electron chi connectivity index (χ0n) is 20.0. The van der Waals surface area contributed by atoms with Crippen LogP contribution >= 0.6 is 0 Å². The highest BCUT2D eigenvalue weighted by atomic mass is 16.8. The second kappa shape index (κ2) is 11.9. The second-order valence-electron chi connectivity index (χ2n) is 7.92. The van der Waals surface area contributed by atoms with E-state index in [1.807, 2.05) is 0 Å². The molecule has 0 aromatic carbocycles. The molecule has 1 amide bonds. The Hall–Kier alpha value is -3.26. The SMILES string of the molecule is CC(=O)N[C@H]1[C@H]([C@H](OC(C)=O)[C@@H](COC(C)=O)OC(C)=O)O[C@@]2(C[C@@H]1OC(C)=O)OCCOC2=O. The normalized spacial score (nSPS) is 27.6. The quantitative estimate of drug-likeness (QED) is 0.312. The molecule has 1 N–H and O–H groups in total. The van der Waals surface area contributed by atoms with Gasteiger partial charge in [-0.3, -0.25) is 24.0 Å². The minimum Gasteiger partial charge on any atom is -0.462 e. The van der Waals surface area contributed by atoms with E-state index >= 15 is 0 Å². The fourth-order valence-corrected chi connectivity index (χ4v) is 3.84. The van der Waals surface area contributed by atoms with Gasteiger partial charge < -0.3 is 38.5 Å². The number of cyclic esters (lactones) is 1. The van der Waals surface area contributed by atoms with Crippen LogP contribution in [0.25, 0.3) is 0 Å². The first-order valence-electron chi connectivity index (χ1n) is 10.8. The van der Waals surface area contributed by atoms with Gasteiger partial charge in [0.15, 0.2) is 12.2 Å². The number of amides is 1. The molecule has 0 aromatic heterocycles. The summed E-state index contributed by atoms with van der Waals surface area (Å²) < 4.78 is 37.6. The number of hydrogen-bond donors (Lipinski definition) is 1. The van der Waals surface area contributed by atoms with Crippen molar-refractivity contribution in [1.82, 2.24) is 5.32 Å². The molecule has 2 rings (SSSR count). The van der Waals surface area contributed by atoms with Crippen molar-refractivity contribution in [2.45, 2.75) is 77.3 Å². The second-order valence-corrected chi connectivity index (χ2v) is 7.92. The molecule has 2 fully saturated rings. The van der Waals surface area contributed by atoms with Crippen LogP contribution in [-0.4, -0.2) is 91.8 Å². The van der Waals surface area contributed by atoms with Crippen molar-refractivity contribution in [3.05, 3.63) is 0 Å². The predicted molar refractivity (Wildman–Crippen MR) is 110 cm³/mol. The van der Waals surface area contributed by atoms with Crippen molar-refractivity contribution in [3.63, 3.8) is 0 Å². The molecular formula is C21H29NO13. The molecule has 0 aliphatic carbocycles. The fraction of sp³-hybridized carbons (Fsp3) is 0.714. The van der Waals surface area contributed by atoms with Crippen LogP contribution in [0.15, 0.2) is 0 Å². The number of hydrogen-bond acceptors (Lipinski definition) is 13. The van der Waals surface area contributed by atoms with E-state index in [2.05, 4.69) is 5.32 Å². The summed E-state index contributed by atoms with van der Waals surface area (Å²) in [5.41, 5.74) is 0. The first-order valence-corrected chi connectivity index (χ1v) is 10.8. The Morgan fingerprint density at radius 1 is 0.971 bits per heavy atom. The van der Waals surface area contributed by atoms with Crippen LogP contribution in [0.3, 0.4) is 0 Å². The first kappa shape index (κ1) is 28.0. The van der Waals surface area contributed by atoms with Gasteiger partial charge in [-0.05, 0) is 0 Å². The number of esters is 5. The van der Waals surface area contributed by atoms with E-state index in [9.17, 15) is 28.8 Å². The van der Waals surface area contributed by atoms with Crippen LogP contribution in [0.5, 0.6) is 0 Å². The van der Waals surface area contributed by atoms with Crippen molar-refractivity contribution >= 4 is 35.8 Å². The van der Waals surface area contributed by atoms with Gasteiger partial charge in [0.05, 0.1) is 19.1 Å². The maximum Gasteiger partial charge on any atom is 0.367 e. The van der Waals surface area contributed by atoms with Gasteiger partial charge in [0.2, 0.25) is 5.91 Å². The highest BCUT2D eigenvalue weighted by molar-refractivity contribution is 5.79. The molecule has 1 spiro atoms. The average molecular weight is 503 g/mol. The Morgan fingerprint density at radius 2 is 1.63 bits per heavy atom. The van der Waals surface area contributed by atoms with Crippen LogP contribution < -0.4 is 5.32 Å². The third kappa shape index (κ3) is 7.62. The molecule has 0 unspecified atom stereocenters. The number of carbonyl (C=O) groups excluding carboxylic acids is 6. The standard InChI is InChI=1S/C21H29NO13/c1-10(23)22-17-15(32-12(3)25)8-21(20(28)29-6-7-31-21)35-19(17)18(34-14(5)27)16(33-13(4)26)9-30-11(2)24/h15-19H,6-9H2,1-5H3,(H,22,23)/t15-,16+,17+,18+,19+,21+/m0/s1. The zero-order valence-corrected chi connectivity index (χ0v) is 20.0. The molecule has 6 atom stereocenters. The summed E-state index contributed by atoms with van der Waals surface area (Å²) in [5.74, 6) is -6.72. The average Bonchev–Trinajstić information content (AvgIpc) is 2.72. The summed E-state index contributed by atoms with van der Waals surface area (Å²) >= 11 is 0. The lowest BCUT2D eigenvalue weighted by Crippen LogP contribution is -2.70. The summed E-state index contributed by atoms with van der Waals surface area (Å²) in [6, 6.07) is -1.21. The van der Waals surface area contributed by atoms with E-state index in [1.165, 1.54) is 6.92 Å². The van der Waals surface area contributed by atoms with Crippen molar-refractivity contribution in [2.75, 3.05) is 19.8 Å². The lowest BCUT2D eigenvalue weighted by atomic mass is 9.87. The Kier molecular flexibility index (Phi) is 9.54. The number of ether oxygens (including phenoxy) is 7. The van der Waals surface area contributed by atoms with Gasteiger partial charge in [0.25, 0.3) is 5.79 Å². The molecule has 0 saturated carbocycles. The molecule has 0 aromatic rings. The van der Waals surface area contributed by atoms with Crippen LogP contribution in [0, 0.1) is 0 Å². The van der Waals surface area contributed by atoms with E-state index < -0.39 is 78.6 Å². The molecule has 0 radical (unpaired) electrons. The van der Waals surface area contributed by atoms with Crippen molar-refractivity contribution in [2.24, 2.45) is 0 Å². The zero-order chi connectivity index (χ0) is 26.3. The van der Waals surface area contributed by atoms with E-state index in [1.54, 1.807) is 0 Å². The first-order chi connectivity index (χ1) is 16.3. The van der Waals surface area contributed by atoms with Crippen LogP contribution in [0.2, 0.25) is 0 Å². The molecule has 2 heterocycles. The topological polar surface area (TPSA) is 179 Å². The van der Waals surface area contributed by atoms with E-state index in [0.717, 1.165) is 27.7 Å². The van der Waals surface area contributed by atoms with Gasteiger partial charge >= 0.3 is 29.8 Å². The molecular weight excluding hydrogens is 474 g/mol. The molecule has 2 aliphatic heterocycles. The Morgan fingerprint density at radius 3 is 2.14 bits per heavy atom. The van der Waals surface area contributed by atoms with Gasteiger partial charge in [-0.2, -0.15) is 0 Å². The van der Waals surface area contributed by atoms with Crippen LogP contribution in [0.1, 0.15) is 41.0 Å². The van der Waals surface area contributed by atoms with Crippen molar-refractivity contribution < 1.29 is 61.9 Å². The minimum atomic E-state index is -2.08. The third-order valence-electron chi connectivity index (χ3n) is 4.96. The highest BCUT2D eigenvalue weighted by Crippen LogP contribution is 2.38. The minimum absolute atomic E-state index is 0.0577. The lowest BCUT2D eigenvalue weighted by molar-refractivity contribution is -0.328. The molecule has 14 nitrogen and oxygen atoms in total. The lowest BCUT2D eigenvalue weighted by Gasteiger charge is -2.49. The summed E-state index contributed by atoms with van der Waals surface area (Å²) in [6.45, 7) is 4.87. The molecule has 2 aliphatic rings. The molecule has 2 saturated heterocycles. The Labute approximate surface area is 200 Å². The molecule has 196 valence electrons. The highest BCUT2D eigenvalue weighted by Gasteiger charge is 2.60. The van der Waals surface area contributed by atoms with Crippen LogP contribution in [0.4, 0.5) is 0 Å². The number of nitrogens with one attached hydrogen (secondary N) is 1. The maximum atomic E-state index is 12.7. The van der Waals surface area contributed by atoms with E-state index in [-0.39, 0.29) is 19.6 Å². The molecule has 35 heavy (non-hydrogen) atoms. The predicted octanol–water partition coefficient (Wildman–Crippen LogP) is -1.09. The molecule has 0 bridgehead atoms. The van der Waals surface area contributed by atoms with Gasteiger partial charge in [0.1, 0.15) is 25.4 Å². The van der Waals surface area contributed by atoms with Crippen molar-refractivity contribution in [3.8, 4) is 0 Å². The summed E-state index contributed by atoms with van der Waals surface area (Å²) in [5, 5.41) is 2.56. The van der Waals surface area contributed by atoms with E-state index in [0.29, 0.717) is 0 Å². The Bertz CT molecular complexity index is 858. The smallest absolute Gasteiger partial charge is 0.367 e. The van der Waals surface area contributed by atoms with Crippen LogP contribution in [-0.2, 0) is 61.9 Å². The van der Waals surface area contributed by atoms with Gasteiger partial charge in [0, 0.05) is 34.6 Å². The summed E-state index contributed by atoms with van der Waals surface area (Å²) in [6.07, 6.45) is -6.06. The largest absolute Gasteiger partial charge is 0.462 e. The fourth-order valence-electron chi connectivity index (χ4n) is 3.84. The summed E-state index contributed by atoms with van der Waals surface area (Å²) in [4.78, 5) is 71.9.